The molecule has 1 fully saturated rings. The molecule has 0 spiro atoms. The van der Waals surface area contributed by atoms with Crippen LogP contribution < -0.4 is 10.6 Å². The maximum absolute atomic E-state index is 12.8. The van der Waals surface area contributed by atoms with Crippen LogP contribution >= 0.6 is 0 Å². The Bertz CT molecular complexity index is 622. The molecule has 0 aliphatic carbocycles. The first kappa shape index (κ1) is 13.1. The number of nitrogens with two attached hydrogens (primary N) is 1. The van der Waals surface area contributed by atoms with E-state index in [0.717, 1.165) is 12.8 Å². The van der Waals surface area contributed by atoms with E-state index in [1.807, 2.05) is 0 Å². The Kier molecular flexibility index (Phi) is 3.00. The molecule has 6 nitrogen and oxygen atoms in total. The minimum atomic E-state index is -4.60. The fourth-order valence-electron chi connectivity index (χ4n) is 2.38. The van der Waals surface area contributed by atoms with Crippen LogP contribution in [0.5, 0.6) is 0 Å². The zero-order valence-corrected chi connectivity index (χ0v) is 10.5. The van der Waals surface area contributed by atoms with E-state index in [9.17, 15) is 13.2 Å². The van der Waals surface area contributed by atoms with Crippen molar-refractivity contribution >= 4 is 17.0 Å². The van der Waals surface area contributed by atoms with Gasteiger partial charge in [0.25, 0.3) is 0 Å². The third-order valence-corrected chi connectivity index (χ3v) is 3.28. The summed E-state index contributed by atoms with van der Waals surface area (Å²) in [5, 5.41) is 0. The number of fused-ring (bicyclic) bond motifs is 1. The molecule has 3 heterocycles. The first-order chi connectivity index (χ1) is 9.45. The fraction of sp³-hybridized carbons (Fsp3) is 0.545. The van der Waals surface area contributed by atoms with Crippen molar-refractivity contribution in [1.82, 2.24) is 19.9 Å². The van der Waals surface area contributed by atoms with E-state index in [1.165, 1.54) is 6.33 Å². The van der Waals surface area contributed by atoms with Gasteiger partial charge in [-0.15, -0.1) is 0 Å². The number of hydrogen-bond donors (Lipinski definition) is 2. The summed E-state index contributed by atoms with van der Waals surface area (Å²) in [5.41, 5.74) is 6.30. The molecule has 0 amide bonds. The Morgan fingerprint density at radius 1 is 1.35 bits per heavy atom. The highest BCUT2D eigenvalue weighted by Gasteiger charge is 2.36. The fourth-order valence-corrected chi connectivity index (χ4v) is 2.38. The number of hydrogen-bond acceptors (Lipinski definition) is 5. The van der Waals surface area contributed by atoms with Crippen molar-refractivity contribution < 1.29 is 13.2 Å². The summed E-state index contributed by atoms with van der Waals surface area (Å²) < 4.78 is 38.5. The molecule has 0 saturated carbocycles. The number of aromatic nitrogens is 4. The lowest BCUT2D eigenvalue weighted by molar-refractivity contribution is -0.144. The number of nitrogens with one attached hydrogen (secondary N) is 1. The Labute approximate surface area is 112 Å². The third kappa shape index (κ3) is 2.28. The molecular weight excluding hydrogens is 273 g/mol. The van der Waals surface area contributed by atoms with E-state index in [-0.39, 0.29) is 17.5 Å². The molecule has 2 aromatic rings. The summed E-state index contributed by atoms with van der Waals surface area (Å²) in [6, 6.07) is -0.0639. The number of anilines is 1. The average molecular weight is 286 g/mol. The zero-order chi connectivity index (χ0) is 14.3. The summed E-state index contributed by atoms with van der Waals surface area (Å²) >= 11 is 0. The lowest BCUT2D eigenvalue weighted by Gasteiger charge is -2.31. The quantitative estimate of drug-likeness (QED) is 0.825. The lowest BCUT2D eigenvalue weighted by Crippen LogP contribution is -2.43. The van der Waals surface area contributed by atoms with E-state index in [0.29, 0.717) is 18.6 Å². The van der Waals surface area contributed by atoms with Gasteiger partial charge < -0.3 is 15.6 Å². The number of alkyl halides is 3. The smallest absolute Gasteiger partial charge is 0.353 e. The molecule has 0 unspecified atom stereocenters. The number of imidazole rings is 1. The Morgan fingerprint density at radius 3 is 2.85 bits per heavy atom. The number of piperidine rings is 1. The topological polar surface area (TPSA) is 83.7 Å². The van der Waals surface area contributed by atoms with Crippen molar-refractivity contribution in [3.05, 3.63) is 12.2 Å². The second kappa shape index (κ2) is 4.58. The monoisotopic (exact) mass is 286 g/mol. The number of nitrogens with zero attached hydrogens (tertiary/aromatic N) is 4. The van der Waals surface area contributed by atoms with Gasteiger partial charge in [0.1, 0.15) is 5.52 Å². The van der Waals surface area contributed by atoms with Crippen molar-refractivity contribution in [3.8, 4) is 0 Å². The van der Waals surface area contributed by atoms with Gasteiger partial charge in [0.05, 0.1) is 6.33 Å². The number of aromatic amines is 1. The zero-order valence-electron chi connectivity index (χ0n) is 10.5. The third-order valence-electron chi connectivity index (χ3n) is 3.28. The van der Waals surface area contributed by atoms with Gasteiger partial charge in [-0.2, -0.15) is 13.2 Å². The first-order valence-corrected chi connectivity index (χ1v) is 6.24. The van der Waals surface area contributed by atoms with Gasteiger partial charge in [0.2, 0.25) is 5.82 Å². The van der Waals surface area contributed by atoms with Crippen LogP contribution in [0.15, 0.2) is 6.33 Å². The number of H-pyrrole nitrogens is 1. The Balaban J connectivity index is 2.10. The molecule has 1 aliphatic rings. The minimum absolute atomic E-state index is 0.0152. The second-order valence-electron chi connectivity index (χ2n) is 4.82. The SMILES string of the molecule is N[C@@H]1CCCN(c2nc(C(F)(F)F)nc3nc[nH]c23)C1. The van der Waals surface area contributed by atoms with Gasteiger partial charge in [-0.3, -0.25) is 0 Å². The molecule has 108 valence electrons. The summed E-state index contributed by atoms with van der Waals surface area (Å²) in [4.78, 5) is 15.5. The maximum Gasteiger partial charge on any atom is 0.451 e. The van der Waals surface area contributed by atoms with Crippen LogP contribution in [0.25, 0.3) is 11.2 Å². The summed E-state index contributed by atoms with van der Waals surface area (Å²) in [7, 11) is 0. The van der Waals surface area contributed by atoms with Crippen LogP contribution in [0, 0.1) is 0 Å². The minimum Gasteiger partial charge on any atom is -0.353 e. The summed E-state index contributed by atoms with van der Waals surface area (Å²) in [6.45, 7) is 1.10. The van der Waals surface area contributed by atoms with Gasteiger partial charge in [-0.1, -0.05) is 0 Å². The number of halogens is 3. The van der Waals surface area contributed by atoms with Crippen LogP contribution in [0.4, 0.5) is 19.0 Å². The molecular formula is C11H13F3N6. The molecule has 9 heteroatoms. The molecule has 1 atom stereocenters. The van der Waals surface area contributed by atoms with E-state index in [1.54, 1.807) is 4.90 Å². The average Bonchev–Trinajstić information content (AvgIpc) is 2.84. The highest BCUT2D eigenvalue weighted by atomic mass is 19.4. The van der Waals surface area contributed by atoms with Crippen molar-refractivity contribution in [3.63, 3.8) is 0 Å². The van der Waals surface area contributed by atoms with E-state index in [4.69, 9.17) is 5.73 Å². The van der Waals surface area contributed by atoms with Crippen LogP contribution in [0.3, 0.4) is 0 Å². The predicted molar refractivity (Wildman–Crippen MR) is 66.1 cm³/mol. The summed E-state index contributed by atoms with van der Waals surface area (Å²) in [5.74, 6) is -0.957. The van der Waals surface area contributed by atoms with Crippen LogP contribution in [-0.2, 0) is 6.18 Å². The molecule has 1 aliphatic heterocycles. The Morgan fingerprint density at radius 2 is 2.15 bits per heavy atom. The molecule has 0 bridgehead atoms. The largest absolute Gasteiger partial charge is 0.451 e. The summed E-state index contributed by atoms with van der Waals surface area (Å²) in [6.07, 6.45) is -1.60. The van der Waals surface area contributed by atoms with E-state index >= 15 is 0 Å². The molecule has 2 aromatic heterocycles. The van der Waals surface area contributed by atoms with Crippen molar-refractivity contribution in [2.75, 3.05) is 18.0 Å². The highest BCUT2D eigenvalue weighted by Crippen LogP contribution is 2.31. The maximum atomic E-state index is 12.8. The lowest BCUT2D eigenvalue weighted by atomic mass is 10.1. The molecule has 0 aromatic carbocycles. The van der Waals surface area contributed by atoms with E-state index in [2.05, 4.69) is 19.9 Å². The van der Waals surface area contributed by atoms with Crippen LogP contribution in [-0.4, -0.2) is 39.1 Å². The molecule has 0 radical (unpaired) electrons. The van der Waals surface area contributed by atoms with Crippen molar-refractivity contribution in [2.24, 2.45) is 5.73 Å². The standard InChI is InChI=1S/C11H13F3N6/c12-11(13,14)10-18-8-7(16-5-17-8)9(19-10)20-3-1-2-6(15)4-20/h5-6H,1-4,15H2,(H,16,17,18,19)/t6-/m1/s1. The first-order valence-electron chi connectivity index (χ1n) is 6.24. The van der Waals surface area contributed by atoms with Gasteiger partial charge in [-0.25, -0.2) is 15.0 Å². The normalized spacial score (nSPS) is 20.6. The highest BCUT2D eigenvalue weighted by molar-refractivity contribution is 5.83. The molecule has 1 saturated heterocycles. The predicted octanol–water partition coefficient (Wildman–Crippen LogP) is 1.30. The number of rotatable bonds is 1. The van der Waals surface area contributed by atoms with Crippen LogP contribution in [0.1, 0.15) is 18.7 Å². The van der Waals surface area contributed by atoms with Crippen molar-refractivity contribution in [2.45, 2.75) is 25.1 Å². The van der Waals surface area contributed by atoms with Crippen molar-refractivity contribution in [1.29, 1.82) is 0 Å². The van der Waals surface area contributed by atoms with Gasteiger partial charge >= 0.3 is 6.18 Å². The van der Waals surface area contributed by atoms with Gasteiger partial charge in [0.15, 0.2) is 11.5 Å². The molecule has 3 rings (SSSR count). The Hall–Kier alpha value is -1.90. The molecule has 20 heavy (non-hydrogen) atoms. The van der Waals surface area contributed by atoms with Gasteiger partial charge in [0, 0.05) is 19.1 Å². The van der Waals surface area contributed by atoms with E-state index < -0.39 is 12.0 Å². The van der Waals surface area contributed by atoms with Gasteiger partial charge in [-0.05, 0) is 12.8 Å². The molecule has 3 N–H and O–H groups in total. The second-order valence-corrected chi connectivity index (χ2v) is 4.82. The van der Waals surface area contributed by atoms with Crippen LogP contribution in [0.2, 0.25) is 0 Å².